The molecule has 0 fully saturated rings. The third-order valence-corrected chi connectivity index (χ3v) is 4.91. The van der Waals surface area contributed by atoms with Crippen LogP contribution in [0.1, 0.15) is 17.4 Å². The fourth-order valence-corrected chi connectivity index (χ4v) is 3.66. The van der Waals surface area contributed by atoms with Gasteiger partial charge in [0.15, 0.2) is 11.5 Å². The molecular formula is C19H20N2O5S. The molecule has 0 aliphatic rings. The molecule has 2 aromatic heterocycles. The molecule has 3 rings (SSSR count). The number of hydrogen-bond acceptors (Lipinski definition) is 6. The second-order valence-corrected chi connectivity index (χ2v) is 6.53. The van der Waals surface area contributed by atoms with Gasteiger partial charge in [0, 0.05) is 17.1 Å². The molecule has 0 aliphatic heterocycles. The first-order valence-electron chi connectivity index (χ1n) is 8.33. The van der Waals surface area contributed by atoms with Crippen LogP contribution in [0.25, 0.3) is 10.2 Å². The minimum absolute atomic E-state index is 0.00743. The summed E-state index contributed by atoms with van der Waals surface area (Å²) in [5.74, 6) is 0.383. The fourth-order valence-electron chi connectivity index (χ4n) is 2.76. The van der Waals surface area contributed by atoms with E-state index in [0.29, 0.717) is 22.9 Å². The number of ether oxygens (including phenoxy) is 3. The predicted molar refractivity (Wildman–Crippen MR) is 104 cm³/mol. The number of carbonyl (C=O) groups excluding carboxylic acids is 2. The summed E-state index contributed by atoms with van der Waals surface area (Å²) in [6.07, 6.45) is 0. The van der Waals surface area contributed by atoms with Crippen molar-refractivity contribution in [3.63, 3.8) is 0 Å². The SMILES string of the molecule is CCOC(=O)c1cc2ccsc2n1CC(=O)Nc1ccc(OC)c(OC)c1. The third kappa shape index (κ3) is 3.90. The topological polar surface area (TPSA) is 78.8 Å². The molecule has 3 aromatic rings. The van der Waals surface area contributed by atoms with Crippen molar-refractivity contribution in [1.29, 1.82) is 0 Å². The summed E-state index contributed by atoms with van der Waals surface area (Å²) in [7, 11) is 3.08. The van der Waals surface area contributed by atoms with Gasteiger partial charge in [-0.3, -0.25) is 4.79 Å². The number of anilines is 1. The standard InChI is InChI=1S/C19H20N2O5S/c1-4-26-19(23)14-9-12-7-8-27-18(12)21(14)11-17(22)20-13-5-6-15(24-2)16(10-13)25-3/h5-10H,4,11H2,1-3H3,(H,20,22). The van der Waals surface area contributed by atoms with E-state index in [1.165, 1.54) is 18.4 Å². The summed E-state index contributed by atoms with van der Waals surface area (Å²) in [5, 5.41) is 5.64. The highest BCUT2D eigenvalue weighted by atomic mass is 32.1. The van der Waals surface area contributed by atoms with Crippen molar-refractivity contribution in [2.45, 2.75) is 13.5 Å². The molecule has 0 spiro atoms. The van der Waals surface area contributed by atoms with Crippen LogP contribution in [0.3, 0.4) is 0 Å². The molecule has 0 unspecified atom stereocenters. The number of fused-ring (bicyclic) bond motifs is 1. The Morgan fingerprint density at radius 1 is 1.11 bits per heavy atom. The lowest BCUT2D eigenvalue weighted by Gasteiger charge is -2.12. The van der Waals surface area contributed by atoms with Crippen LogP contribution in [-0.4, -0.2) is 37.3 Å². The number of carbonyl (C=O) groups is 2. The number of thiophene rings is 1. The maximum absolute atomic E-state index is 12.6. The molecule has 0 atom stereocenters. The molecule has 0 bridgehead atoms. The van der Waals surface area contributed by atoms with Crippen LogP contribution in [0, 0.1) is 0 Å². The maximum atomic E-state index is 12.6. The summed E-state index contributed by atoms with van der Waals surface area (Å²) in [6, 6.07) is 8.77. The van der Waals surface area contributed by atoms with E-state index < -0.39 is 5.97 Å². The highest BCUT2D eigenvalue weighted by Crippen LogP contribution is 2.30. The van der Waals surface area contributed by atoms with Crippen molar-refractivity contribution in [3.8, 4) is 11.5 Å². The Labute approximate surface area is 160 Å². The summed E-state index contributed by atoms with van der Waals surface area (Å²) in [6.45, 7) is 2.01. The van der Waals surface area contributed by atoms with Gasteiger partial charge < -0.3 is 24.1 Å². The van der Waals surface area contributed by atoms with Gasteiger partial charge >= 0.3 is 5.97 Å². The van der Waals surface area contributed by atoms with E-state index in [9.17, 15) is 9.59 Å². The minimum atomic E-state index is -0.445. The number of amides is 1. The minimum Gasteiger partial charge on any atom is -0.493 e. The molecule has 0 aliphatic carbocycles. The smallest absolute Gasteiger partial charge is 0.355 e. The second kappa shape index (κ2) is 8.13. The zero-order valence-corrected chi connectivity index (χ0v) is 16.1. The Balaban J connectivity index is 1.83. The van der Waals surface area contributed by atoms with E-state index >= 15 is 0 Å². The largest absolute Gasteiger partial charge is 0.493 e. The number of rotatable bonds is 7. The first kappa shape index (κ1) is 18.8. The molecule has 27 heavy (non-hydrogen) atoms. The highest BCUT2D eigenvalue weighted by molar-refractivity contribution is 7.16. The lowest BCUT2D eigenvalue weighted by molar-refractivity contribution is -0.116. The van der Waals surface area contributed by atoms with Crippen molar-refractivity contribution in [1.82, 2.24) is 4.57 Å². The summed E-state index contributed by atoms with van der Waals surface area (Å²) in [4.78, 5) is 25.7. The quantitative estimate of drug-likeness (QED) is 0.627. The fraction of sp³-hybridized carbons (Fsp3) is 0.263. The Bertz CT molecular complexity index is 976. The number of esters is 1. The number of benzene rings is 1. The summed E-state index contributed by atoms with van der Waals surface area (Å²) >= 11 is 1.47. The van der Waals surface area contributed by atoms with Gasteiger partial charge in [-0.25, -0.2) is 4.79 Å². The van der Waals surface area contributed by atoms with Gasteiger partial charge in [0.1, 0.15) is 17.1 Å². The summed E-state index contributed by atoms with van der Waals surface area (Å²) in [5.41, 5.74) is 0.936. The van der Waals surface area contributed by atoms with Crippen LogP contribution >= 0.6 is 11.3 Å². The van der Waals surface area contributed by atoms with Gasteiger partial charge in [0.25, 0.3) is 0 Å². The normalized spacial score (nSPS) is 10.6. The molecule has 8 heteroatoms. The zero-order valence-electron chi connectivity index (χ0n) is 15.3. The van der Waals surface area contributed by atoms with Crippen molar-refractivity contribution in [2.24, 2.45) is 0 Å². The van der Waals surface area contributed by atoms with E-state index in [1.54, 1.807) is 42.9 Å². The molecule has 0 saturated carbocycles. The van der Waals surface area contributed by atoms with E-state index in [4.69, 9.17) is 14.2 Å². The first-order valence-corrected chi connectivity index (χ1v) is 9.21. The molecule has 1 aromatic carbocycles. The molecule has 2 heterocycles. The molecule has 7 nitrogen and oxygen atoms in total. The number of nitrogens with zero attached hydrogens (tertiary/aromatic N) is 1. The van der Waals surface area contributed by atoms with Gasteiger partial charge in [-0.15, -0.1) is 11.3 Å². The van der Waals surface area contributed by atoms with Crippen molar-refractivity contribution in [2.75, 3.05) is 26.1 Å². The van der Waals surface area contributed by atoms with E-state index in [0.717, 1.165) is 10.2 Å². The van der Waals surface area contributed by atoms with E-state index in [1.807, 2.05) is 11.4 Å². The van der Waals surface area contributed by atoms with Crippen LogP contribution in [0.15, 0.2) is 35.7 Å². The summed E-state index contributed by atoms with van der Waals surface area (Å²) < 4.78 is 17.2. The number of aromatic nitrogens is 1. The van der Waals surface area contributed by atoms with Gasteiger partial charge in [0.2, 0.25) is 5.91 Å². The first-order chi connectivity index (χ1) is 13.1. The van der Waals surface area contributed by atoms with Crippen LogP contribution in [-0.2, 0) is 16.1 Å². The van der Waals surface area contributed by atoms with Crippen LogP contribution in [0.4, 0.5) is 5.69 Å². The van der Waals surface area contributed by atoms with Gasteiger partial charge in [0.05, 0.1) is 20.8 Å². The highest BCUT2D eigenvalue weighted by Gasteiger charge is 2.19. The monoisotopic (exact) mass is 388 g/mol. The van der Waals surface area contributed by atoms with Crippen molar-refractivity contribution < 1.29 is 23.8 Å². The second-order valence-electron chi connectivity index (χ2n) is 5.64. The lowest BCUT2D eigenvalue weighted by atomic mass is 10.2. The molecule has 142 valence electrons. The van der Waals surface area contributed by atoms with Gasteiger partial charge in [-0.1, -0.05) is 0 Å². The average Bonchev–Trinajstić information content (AvgIpc) is 3.24. The van der Waals surface area contributed by atoms with Gasteiger partial charge in [-0.2, -0.15) is 0 Å². The third-order valence-electron chi connectivity index (χ3n) is 3.96. The maximum Gasteiger partial charge on any atom is 0.355 e. The Hall–Kier alpha value is -3.00. The Morgan fingerprint density at radius 2 is 1.89 bits per heavy atom. The number of nitrogens with one attached hydrogen (secondary N) is 1. The number of methoxy groups -OCH3 is 2. The lowest BCUT2D eigenvalue weighted by Crippen LogP contribution is -2.21. The van der Waals surface area contributed by atoms with Crippen molar-refractivity contribution in [3.05, 3.63) is 41.4 Å². The van der Waals surface area contributed by atoms with Crippen molar-refractivity contribution >= 4 is 39.1 Å². The molecule has 0 saturated heterocycles. The van der Waals surface area contributed by atoms with E-state index in [-0.39, 0.29) is 19.1 Å². The Kier molecular flexibility index (Phi) is 5.66. The van der Waals surface area contributed by atoms with Crippen LogP contribution < -0.4 is 14.8 Å². The molecular weight excluding hydrogens is 368 g/mol. The Morgan fingerprint density at radius 3 is 2.59 bits per heavy atom. The predicted octanol–water partition coefficient (Wildman–Crippen LogP) is 3.54. The molecule has 0 radical (unpaired) electrons. The van der Waals surface area contributed by atoms with E-state index in [2.05, 4.69) is 5.32 Å². The zero-order chi connectivity index (χ0) is 19.4. The molecule has 1 amide bonds. The van der Waals surface area contributed by atoms with Gasteiger partial charge in [-0.05, 0) is 36.6 Å². The average molecular weight is 388 g/mol. The number of hydrogen-bond donors (Lipinski definition) is 1. The van der Waals surface area contributed by atoms with Crippen LogP contribution in [0.5, 0.6) is 11.5 Å². The van der Waals surface area contributed by atoms with Crippen LogP contribution in [0.2, 0.25) is 0 Å². The molecule has 1 N–H and O–H groups in total.